The van der Waals surface area contributed by atoms with Gasteiger partial charge < -0.3 is 15.5 Å². The number of anilines is 2. The maximum Gasteiger partial charge on any atom is 0.246 e. The summed E-state index contributed by atoms with van der Waals surface area (Å²) in [7, 11) is 3.81. The van der Waals surface area contributed by atoms with Gasteiger partial charge in [-0.3, -0.25) is 4.79 Å². The molecule has 2 rings (SSSR count). The molecule has 5 heteroatoms. The van der Waals surface area contributed by atoms with Gasteiger partial charge in [-0.25, -0.2) is 0 Å². The van der Waals surface area contributed by atoms with E-state index in [0.29, 0.717) is 11.1 Å². The van der Waals surface area contributed by atoms with E-state index in [9.17, 15) is 4.79 Å². The van der Waals surface area contributed by atoms with Gasteiger partial charge in [0.2, 0.25) is 5.91 Å². The van der Waals surface area contributed by atoms with Gasteiger partial charge in [0, 0.05) is 24.3 Å². The third kappa shape index (κ3) is 2.87. The molecule has 1 amide bonds. The van der Waals surface area contributed by atoms with E-state index in [2.05, 4.69) is 43.2 Å². The van der Waals surface area contributed by atoms with Gasteiger partial charge in [0.15, 0.2) is 0 Å². The van der Waals surface area contributed by atoms with Gasteiger partial charge in [-0.2, -0.15) is 0 Å². The molecule has 2 N–H and O–H groups in total. The van der Waals surface area contributed by atoms with E-state index < -0.39 is 0 Å². The highest BCUT2D eigenvalue weighted by Crippen LogP contribution is 2.40. The van der Waals surface area contributed by atoms with Crippen molar-refractivity contribution in [3.05, 3.63) is 22.7 Å². The number of benzene rings is 1. The summed E-state index contributed by atoms with van der Waals surface area (Å²) < 4.78 is 0. The van der Waals surface area contributed by atoms with Crippen molar-refractivity contribution < 1.29 is 4.79 Å². The molecule has 2 atom stereocenters. The standard InChI is InChI=1S/C16H24ClN3O/c1-9(16(2,3)4)20(6)13-8-12-10(7-11(13)17)14(18-5)15(21)19-12/h7-9,14,18H,1-6H3,(H,19,21). The lowest BCUT2D eigenvalue weighted by atomic mass is 9.87. The van der Waals surface area contributed by atoms with Gasteiger partial charge in [0.1, 0.15) is 6.04 Å². The highest BCUT2D eigenvalue weighted by molar-refractivity contribution is 6.33. The normalized spacial score (nSPS) is 19.2. The van der Waals surface area contributed by atoms with E-state index >= 15 is 0 Å². The Balaban J connectivity index is 2.41. The number of carbonyl (C=O) groups excluding carboxylic acids is 1. The van der Waals surface area contributed by atoms with Crippen LogP contribution in [0.15, 0.2) is 12.1 Å². The fourth-order valence-electron chi connectivity index (χ4n) is 2.62. The summed E-state index contributed by atoms with van der Waals surface area (Å²) >= 11 is 6.46. The maximum atomic E-state index is 11.9. The Bertz CT molecular complexity index is 565. The van der Waals surface area contributed by atoms with Crippen LogP contribution in [0.4, 0.5) is 11.4 Å². The Hall–Kier alpha value is -1.26. The molecule has 0 saturated heterocycles. The van der Waals surface area contributed by atoms with Gasteiger partial charge in [0.05, 0.1) is 10.7 Å². The molecule has 2 unspecified atom stereocenters. The minimum Gasteiger partial charge on any atom is -0.370 e. The topological polar surface area (TPSA) is 44.4 Å². The van der Waals surface area contributed by atoms with E-state index in [1.165, 1.54) is 0 Å². The van der Waals surface area contributed by atoms with Gasteiger partial charge in [-0.1, -0.05) is 32.4 Å². The van der Waals surface area contributed by atoms with Crippen LogP contribution < -0.4 is 15.5 Å². The van der Waals surface area contributed by atoms with Crippen LogP contribution in [0, 0.1) is 5.41 Å². The number of likely N-dealkylation sites (N-methyl/N-ethyl adjacent to an activating group) is 1. The van der Waals surface area contributed by atoms with Crippen LogP contribution in [-0.2, 0) is 4.79 Å². The number of hydrogen-bond donors (Lipinski definition) is 2. The third-order valence-corrected chi connectivity index (χ3v) is 4.76. The van der Waals surface area contributed by atoms with E-state index in [-0.39, 0.29) is 17.4 Å². The molecule has 1 aliphatic heterocycles. The van der Waals surface area contributed by atoms with Crippen molar-refractivity contribution in [1.29, 1.82) is 0 Å². The predicted molar refractivity (Wildman–Crippen MR) is 89.2 cm³/mol. The lowest BCUT2D eigenvalue weighted by molar-refractivity contribution is -0.117. The molecular weight excluding hydrogens is 286 g/mol. The maximum absolute atomic E-state index is 11.9. The smallest absolute Gasteiger partial charge is 0.246 e. The van der Waals surface area contributed by atoms with Crippen molar-refractivity contribution in [3.63, 3.8) is 0 Å². The second-order valence-electron chi connectivity index (χ2n) is 6.75. The molecule has 0 radical (unpaired) electrons. The number of rotatable bonds is 3. The first kappa shape index (κ1) is 16.1. The average Bonchev–Trinajstić information content (AvgIpc) is 2.69. The second-order valence-corrected chi connectivity index (χ2v) is 7.16. The third-order valence-electron chi connectivity index (χ3n) is 4.45. The predicted octanol–water partition coefficient (Wildman–Crippen LogP) is 3.42. The largest absolute Gasteiger partial charge is 0.370 e. The fraction of sp³-hybridized carbons (Fsp3) is 0.562. The molecule has 0 aromatic heterocycles. The summed E-state index contributed by atoms with van der Waals surface area (Å²) in [4.78, 5) is 14.1. The average molecular weight is 310 g/mol. The minimum absolute atomic E-state index is 0.0350. The van der Waals surface area contributed by atoms with Crippen molar-refractivity contribution in [2.75, 3.05) is 24.3 Å². The molecule has 21 heavy (non-hydrogen) atoms. The second kappa shape index (κ2) is 5.50. The Labute approximate surface area is 131 Å². The summed E-state index contributed by atoms with van der Waals surface area (Å²) in [5.41, 5.74) is 2.82. The molecule has 0 aliphatic carbocycles. The lowest BCUT2D eigenvalue weighted by Gasteiger charge is -2.37. The van der Waals surface area contributed by atoms with Crippen LogP contribution in [0.1, 0.15) is 39.3 Å². The van der Waals surface area contributed by atoms with Crippen molar-refractivity contribution in [1.82, 2.24) is 5.32 Å². The van der Waals surface area contributed by atoms with Gasteiger partial charge in [-0.05, 0) is 31.5 Å². The van der Waals surface area contributed by atoms with E-state index in [1.54, 1.807) is 7.05 Å². The van der Waals surface area contributed by atoms with E-state index in [1.807, 2.05) is 19.2 Å². The number of amides is 1. The molecule has 4 nitrogen and oxygen atoms in total. The van der Waals surface area contributed by atoms with Crippen LogP contribution in [0.2, 0.25) is 5.02 Å². The molecule has 0 spiro atoms. The molecule has 1 aromatic carbocycles. The quantitative estimate of drug-likeness (QED) is 0.899. The Kier molecular flexibility index (Phi) is 4.22. The van der Waals surface area contributed by atoms with Crippen LogP contribution in [0.3, 0.4) is 0 Å². The summed E-state index contributed by atoms with van der Waals surface area (Å²) in [6.07, 6.45) is 0. The Morgan fingerprint density at radius 1 is 1.38 bits per heavy atom. The van der Waals surface area contributed by atoms with Crippen LogP contribution in [0.25, 0.3) is 0 Å². The van der Waals surface area contributed by atoms with Crippen molar-refractivity contribution in [2.45, 2.75) is 39.8 Å². The number of hydrogen-bond acceptors (Lipinski definition) is 3. The molecule has 0 saturated carbocycles. The van der Waals surface area contributed by atoms with Gasteiger partial charge >= 0.3 is 0 Å². The van der Waals surface area contributed by atoms with Crippen molar-refractivity contribution in [3.8, 4) is 0 Å². The van der Waals surface area contributed by atoms with Gasteiger partial charge in [0.25, 0.3) is 0 Å². The number of fused-ring (bicyclic) bond motifs is 1. The summed E-state index contributed by atoms with van der Waals surface area (Å²) in [6, 6.07) is 3.84. The number of nitrogens with one attached hydrogen (secondary N) is 2. The summed E-state index contributed by atoms with van der Waals surface area (Å²) in [5, 5.41) is 6.59. The number of carbonyl (C=O) groups is 1. The highest BCUT2D eigenvalue weighted by atomic mass is 35.5. The zero-order valence-electron chi connectivity index (χ0n) is 13.5. The van der Waals surface area contributed by atoms with Crippen molar-refractivity contribution in [2.24, 2.45) is 5.41 Å². The van der Waals surface area contributed by atoms with Crippen LogP contribution >= 0.6 is 11.6 Å². The Morgan fingerprint density at radius 3 is 2.52 bits per heavy atom. The monoisotopic (exact) mass is 309 g/mol. The number of halogens is 1. The van der Waals surface area contributed by atoms with Gasteiger partial charge in [-0.15, -0.1) is 0 Å². The number of nitrogens with zero attached hydrogens (tertiary/aromatic N) is 1. The zero-order chi connectivity index (χ0) is 15.9. The molecule has 0 fully saturated rings. The van der Waals surface area contributed by atoms with Crippen molar-refractivity contribution >= 4 is 28.9 Å². The molecule has 0 bridgehead atoms. The SMILES string of the molecule is CNC1C(=O)Nc2cc(N(C)C(C)C(C)(C)C)c(Cl)cc21. The lowest BCUT2D eigenvalue weighted by Crippen LogP contribution is -2.39. The fourth-order valence-corrected chi connectivity index (χ4v) is 2.92. The molecule has 1 aromatic rings. The van der Waals surface area contributed by atoms with E-state index in [0.717, 1.165) is 16.9 Å². The summed E-state index contributed by atoms with van der Waals surface area (Å²) in [6.45, 7) is 8.79. The zero-order valence-corrected chi connectivity index (χ0v) is 14.3. The molecule has 116 valence electrons. The first-order valence-electron chi connectivity index (χ1n) is 7.21. The first-order chi connectivity index (χ1) is 9.66. The highest BCUT2D eigenvalue weighted by Gasteiger charge is 2.32. The first-order valence-corrected chi connectivity index (χ1v) is 7.59. The minimum atomic E-state index is -0.322. The molecule has 1 aliphatic rings. The summed E-state index contributed by atoms with van der Waals surface area (Å²) in [5.74, 6) is -0.0350. The van der Waals surface area contributed by atoms with Crippen LogP contribution in [-0.4, -0.2) is 26.0 Å². The Morgan fingerprint density at radius 2 is 2.00 bits per heavy atom. The van der Waals surface area contributed by atoms with E-state index in [4.69, 9.17) is 11.6 Å². The van der Waals surface area contributed by atoms with Crippen LogP contribution in [0.5, 0.6) is 0 Å². The molecule has 1 heterocycles. The molecular formula is C16H24ClN3O.